The summed E-state index contributed by atoms with van der Waals surface area (Å²) in [5.41, 5.74) is 13.1. The van der Waals surface area contributed by atoms with E-state index >= 15 is 0 Å². The molecule has 0 saturated carbocycles. The summed E-state index contributed by atoms with van der Waals surface area (Å²) in [5.74, 6) is 0.204. The Morgan fingerprint density at radius 3 is 2.45 bits per heavy atom. The third-order valence-electron chi connectivity index (χ3n) is 8.13. The fourth-order valence-electron chi connectivity index (χ4n) is 6.04. The van der Waals surface area contributed by atoms with Crippen LogP contribution < -0.4 is 15.4 Å². The van der Waals surface area contributed by atoms with E-state index in [9.17, 15) is 20.2 Å². The molecule has 2 N–H and O–H groups in total. The Balaban J connectivity index is 1.67. The highest BCUT2D eigenvalue weighted by Gasteiger charge is 2.45. The zero-order valence-electron chi connectivity index (χ0n) is 24.5. The van der Waals surface area contributed by atoms with Crippen molar-refractivity contribution in [2.75, 3.05) is 4.90 Å². The Labute approximate surface area is 245 Å². The van der Waals surface area contributed by atoms with Crippen molar-refractivity contribution < 1.29 is 14.5 Å². The number of benzene rings is 3. The second-order valence-corrected chi connectivity index (χ2v) is 12.0. The fourth-order valence-corrected chi connectivity index (χ4v) is 6.04. The van der Waals surface area contributed by atoms with E-state index in [1.807, 2.05) is 65.0 Å². The minimum atomic E-state index is -0.665. The predicted octanol–water partition coefficient (Wildman–Crippen LogP) is 7.04. The number of non-ortho nitro benzene ring substituents is 1. The maximum absolute atomic E-state index is 14.0. The van der Waals surface area contributed by atoms with Crippen LogP contribution in [0.15, 0.2) is 83.3 Å². The molecule has 42 heavy (non-hydrogen) atoms. The molecule has 0 bridgehead atoms. The molecule has 0 spiro atoms. The molecule has 8 heteroatoms. The van der Waals surface area contributed by atoms with Crippen molar-refractivity contribution in [3.8, 4) is 11.8 Å². The van der Waals surface area contributed by atoms with Gasteiger partial charge in [0.2, 0.25) is 0 Å². The Kier molecular flexibility index (Phi) is 7.38. The number of hydrogen-bond acceptors (Lipinski definition) is 7. The van der Waals surface area contributed by atoms with Gasteiger partial charge in [-0.3, -0.25) is 19.8 Å². The van der Waals surface area contributed by atoms with Crippen molar-refractivity contribution in [2.45, 2.75) is 60.0 Å². The number of ketones is 1. The Morgan fingerprint density at radius 1 is 1.07 bits per heavy atom. The number of nitriles is 1. The zero-order valence-corrected chi connectivity index (χ0v) is 24.5. The predicted molar refractivity (Wildman–Crippen MR) is 162 cm³/mol. The first-order valence-corrected chi connectivity index (χ1v) is 13.9. The van der Waals surface area contributed by atoms with Crippen LogP contribution in [0.3, 0.4) is 0 Å². The monoisotopic (exact) mass is 562 g/mol. The van der Waals surface area contributed by atoms with Crippen LogP contribution in [0.1, 0.15) is 60.4 Å². The lowest BCUT2D eigenvalue weighted by molar-refractivity contribution is -0.384. The van der Waals surface area contributed by atoms with E-state index in [2.05, 4.69) is 12.1 Å². The van der Waals surface area contributed by atoms with E-state index in [-0.39, 0.29) is 28.3 Å². The van der Waals surface area contributed by atoms with Crippen molar-refractivity contribution >= 4 is 17.2 Å². The molecule has 1 atom stereocenters. The first-order valence-electron chi connectivity index (χ1n) is 13.9. The summed E-state index contributed by atoms with van der Waals surface area (Å²) >= 11 is 0. The zero-order chi connectivity index (χ0) is 30.3. The van der Waals surface area contributed by atoms with Gasteiger partial charge >= 0.3 is 0 Å². The van der Waals surface area contributed by atoms with Crippen LogP contribution >= 0.6 is 0 Å². The molecule has 5 rings (SSSR count). The number of nitro benzene ring substituents is 1. The van der Waals surface area contributed by atoms with Crippen LogP contribution in [0.5, 0.6) is 5.75 Å². The Bertz CT molecular complexity index is 1710. The van der Waals surface area contributed by atoms with Gasteiger partial charge in [0.1, 0.15) is 18.2 Å². The number of nitro groups is 1. The highest BCUT2D eigenvalue weighted by molar-refractivity contribution is 6.01. The number of anilines is 1. The van der Waals surface area contributed by atoms with E-state index in [1.165, 1.54) is 12.1 Å². The van der Waals surface area contributed by atoms with Gasteiger partial charge in [0.05, 0.1) is 28.2 Å². The van der Waals surface area contributed by atoms with Crippen molar-refractivity contribution in [1.82, 2.24) is 0 Å². The van der Waals surface area contributed by atoms with Crippen molar-refractivity contribution in [1.29, 1.82) is 5.26 Å². The molecule has 3 aromatic rings. The lowest BCUT2D eigenvalue weighted by Gasteiger charge is -2.44. The van der Waals surface area contributed by atoms with Gasteiger partial charge in [-0.05, 0) is 73.1 Å². The standard InChI is InChI=1S/C34H34N4O4/c1-20-9-11-26(12-10-20)42-19-23-14-27(22(3)13-21(23)2)31-28(18-35)33(36)37(24-7-6-8-25(15-24)38(40)41)29-16-34(4,5)17-30(39)32(29)31/h6-15,31H,16-17,19,36H2,1-5H3. The third kappa shape index (κ3) is 5.26. The molecule has 0 aromatic heterocycles. The molecule has 1 aliphatic heterocycles. The number of carbonyl (C=O) groups excluding carboxylic acids is 1. The SMILES string of the molecule is Cc1ccc(OCc2cc(C3C(C#N)=C(N)N(c4cccc([N+](=O)[O-])c4)C4=C3C(=O)CC(C)(C)C4)c(C)cc2C)cc1. The quantitative estimate of drug-likeness (QED) is 0.252. The second kappa shape index (κ2) is 10.8. The molecule has 3 aromatic carbocycles. The maximum atomic E-state index is 14.0. The van der Waals surface area contributed by atoms with Crippen LogP contribution in [0.2, 0.25) is 0 Å². The third-order valence-corrected chi connectivity index (χ3v) is 8.13. The molecule has 8 nitrogen and oxygen atoms in total. The van der Waals surface area contributed by atoms with Gasteiger partial charge in [-0.1, -0.05) is 49.7 Å². The Morgan fingerprint density at radius 2 is 1.79 bits per heavy atom. The number of nitrogens with two attached hydrogens (primary N) is 1. The molecular weight excluding hydrogens is 528 g/mol. The molecule has 0 radical (unpaired) electrons. The largest absolute Gasteiger partial charge is 0.489 e. The highest BCUT2D eigenvalue weighted by atomic mass is 16.6. The molecule has 0 amide bonds. The maximum Gasteiger partial charge on any atom is 0.271 e. The lowest BCUT2D eigenvalue weighted by atomic mass is 9.68. The van der Waals surface area contributed by atoms with E-state index in [0.29, 0.717) is 36.4 Å². The molecule has 1 aliphatic carbocycles. The summed E-state index contributed by atoms with van der Waals surface area (Å²) < 4.78 is 6.10. The van der Waals surface area contributed by atoms with Gasteiger partial charge in [0.15, 0.2) is 5.78 Å². The first kappa shape index (κ1) is 28.6. The lowest BCUT2D eigenvalue weighted by Crippen LogP contribution is -2.42. The molecular formula is C34H34N4O4. The van der Waals surface area contributed by atoms with Crippen molar-refractivity contribution in [3.63, 3.8) is 0 Å². The van der Waals surface area contributed by atoms with Crippen LogP contribution in [-0.2, 0) is 11.4 Å². The van der Waals surface area contributed by atoms with Crippen LogP contribution in [-0.4, -0.2) is 10.7 Å². The van der Waals surface area contributed by atoms with Gasteiger partial charge < -0.3 is 10.5 Å². The van der Waals surface area contributed by atoms with Gasteiger partial charge in [-0.25, -0.2) is 0 Å². The minimum absolute atomic E-state index is 0.0561. The number of nitrogens with zero attached hydrogens (tertiary/aromatic N) is 3. The minimum Gasteiger partial charge on any atom is -0.489 e. The first-order chi connectivity index (χ1) is 19.9. The number of allylic oxidation sites excluding steroid dienone is 3. The number of Topliss-reactive ketones (excluding diaryl/α,β-unsaturated/α-hetero) is 1. The van der Waals surface area contributed by atoms with Gasteiger partial charge in [0.25, 0.3) is 5.69 Å². The van der Waals surface area contributed by atoms with Gasteiger partial charge in [-0.15, -0.1) is 0 Å². The van der Waals surface area contributed by atoms with Crippen LogP contribution in [0.25, 0.3) is 0 Å². The number of rotatable bonds is 6. The molecule has 0 saturated heterocycles. The van der Waals surface area contributed by atoms with Crippen molar-refractivity contribution in [3.05, 3.63) is 121 Å². The Hall–Kier alpha value is -4.90. The van der Waals surface area contributed by atoms with Gasteiger partial charge in [0, 0.05) is 29.8 Å². The molecule has 0 fully saturated rings. The number of hydrogen-bond donors (Lipinski definition) is 1. The van der Waals surface area contributed by atoms with E-state index in [1.54, 1.807) is 17.0 Å². The summed E-state index contributed by atoms with van der Waals surface area (Å²) in [6.45, 7) is 10.4. The summed E-state index contributed by atoms with van der Waals surface area (Å²) in [6, 6.07) is 20.4. The fraction of sp³-hybridized carbons (Fsp3) is 0.294. The van der Waals surface area contributed by atoms with E-state index in [0.717, 1.165) is 33.6 Å². The van der Waals surface area contributed by atoms with Gasteiger partial charge in [-0.2, -0.15) is 5.26 Å². The average Bonchev–Trinajstić information content (AvgIpc) is 2.92. The summed E-state index contributed by atoms with van der Waals surface area (Å²) in [5, 5.41) is 22.1. The molecule has 1 unspecified atom stereocenters. The molecule has 2 aliphatic rings. The normalized spacial score (nSPS) is 18.0. The second-order valence-electron chi connectivity index (χ2n) is 12.0. The smallest absolute Gasteiger partial charge is 0.271 e. The van der Waals surface area contributed by atoms with E-state index < -0.39 is 10.8 Å². The highest BCUT2D eigenvalue weighted by Crippen LogP contribution is 2.51. The number of carbonyl (C=O) groups is 1. The number of aryl methyl sites for hydroxylation is 3. The summed E-state index contributed by atoms with van der Waals surface area (Å²) in [6.07, 6.45) is 0.832. The average molecular weight is 563 g/mol. The van der Waals surface area contributed by atoms with Crippen LogP contribution in [0.4, 0.5) is 11.4 Å². The molecule has 214 valence electrons. The topological polar surface area (TPSA) is 122 Å². The van der Waals surface area contributed by atoms with Crippen LogP contribution in [0, 0.1) is 47.6 Å². The number of ether oxygens (including phenoxy) is 1. The van der Waals surface area contributed by atoms with Crippen molar-refractivity contribution in [2.24, 2.45) is 11.1 Å². The summed E-state index contributed by atoms with van der Waals surface area (Å²) in [7, 11) is 0. The summed E-state index contributed by atoms with van der Waals surface area (Å²) in [4.78, 5) is 26.7. The van der Waals surface area contributed by atoms with E-state index in [4.69, 9.17) is 10.5 Å². The molecule has 1 heterocycles.